The molecule has 3 aromatic rings. The maximum atomic E-state index is 14.3. The zero-order valence-electron chi connectivity index (χ0n) is 25.7. The van der Waals surface area contributed by atoms with Crippen LogP contribution in [0.1, 0.15) is 60.8 Å². The first-order valence-corrected chi connectivity index (χ1v) is 17.3. The summed E-state index contributed by atoms with van der Waals surface area (Å²) < 4.78 is 34.3. The standard InChI is InChI=1S/C35H36FIN4O4/c1-35(2,3)45-34(42)25-9-10-29-31(18-25)41(20-27-13-16-43-27)32(37-29)21-40-14-11-24(12-15-40)30-5-4-6-33(39-30)44-22-26-8-7-23(19-38)17-28(26)36/h4-11,17-18,27H,12-16,20-22H2,1-3H3/t27-/m0/s1. The molecule has 0 radical (unpaired) electrons. The summed E-state index contributed by atoms with van der Waals surface area (Å²) in [4.78, 5) is 22.4. The van der Waals surface area contributed by atoms with Crippen molar-refractivity contribution in [2.45, 2.75) is 51.9 Å². The van der Waals surface area contributed by atoms with E-state index < -0.39 is 11.4 Å². The Morgan fingerprint density at radius 3 is 2.73 bits per heavy atom. The fourth-order valence-electron chi connectivity index (χ4n) is 5.34. The van der Waals surface area contributed by atoms with Crippen molar-refractivity contribution in [3.63, 3.8) is 0 Å². The molecule has 0 N–H and O–H groups in total. The van der Waals surface area contributed by atoms with Gasteiger partial charge in [-0.3, -0.25) is 4.90 Å². The van der Waals surface area contributed by atoms with Gasteiger partial charge in [0, 0.05) is 48.0 Å². The van der Waals surface area contributed by atoms with Crippen LogP contribution in [0, 0.1) is 20.7 Å². The molecule has 0 saturated carbocycles. The van der Waals surface area contributed by atoms with E-state index in [1.54, 1.807) is 18.2 Å². The number of benzene rings is 2. The molecular weight excluding hydrogens is 686 g/mol. The molecule has 0 amide bonds. The lowest BCUT2D eigenvalue weighted by molar-refractivity contribution is -0.0431. The van der Waals surface area contributed by atoms with Crippen LogP contribution >= 0.6 is 20.7 Å². The molecule has 3 aliphatic rings. The van der Waals surface area contributed by atoms with E-state index in [1.807, 2.05) is 51.1 Å². The molecule has 1 aromatic heterocycles. The average molecular weight is 723 g/mol. The lowest BCUT2D eigenvalue weighted by Crippen LogP contribution is -2.46. The maximum Gasteiger partial charge on any atom is 0.338 e. The van der Waals surface area contributed by atoms with Gasteiger partial charge in [0.25, 0.3) is 0 Å². The third kappa shape index (κ3) is 7.60. The molecule has 1 atom stereocenters. The van der Waals surface area contributed by atoms with Crippen molar-refractivity contribution in [3.05, 3.63) is 92.4 Å². The van der Waals surface area contributed by atoms with E-state index in [2.05, 4.69) is 21.9 Å². The van der Waals surface area contributed by atoms with Crippen molar-refractivity contribution in [2.24, 2.45) is 0 Å². The maximum absolute atomic E-state index is 14.3. The van der Waals surface area contributed by atoms with Crippen molar-refractivity contribution in [1.29, 1.82) is 5.26 Å². The summed E-state index contributed by atoms with van der Waals surface area (Å²) in [7, 11) is 0. The summed E-state index contributed by atoms with van der Waals surface area (Å²) in [6.07, 6.45) is 4.35. The Balaban J connectivity index is 1.11. The molecule has 10 heteroatoms. The molecule has 8 nitrogen and oxygen atoms in total. The van der Waals surface area contributed by atoms with E-state index in [1.165, 1.54) is 13.3 Å². The Labute approximate surface area is 273 Å². The van der Waals surface area contributed by atoms with E-state index in [0.29, 0.717) is 17.0 Å². The van der Waals surface area contributed by atoms with Crippen LogP contribution in [0.5, 0.6) is 5.88 Å². The highest BCUT2D eigenvalue weighted by Crippen LogP contribution is 2.38. The van der Waals surface area contributed by atoms with Gasteiger partial charge in [-0.15, -0.1) is 0 Å². The highest BCUT2D eigenvalue weighted by atomic mass is 127. The molecule has 0 spiro atoms. The second-order valence-electron chi connectivity index (χ2n) is 12.3. The Morgan fingerprint density at radius 2 is 2.04 bits per heavy atom. The summed E-state index contributed by atoms with van der Waals surface area (Å²) in [5.74, 6) is -0.327. The zero-order chi connectivity index (χ0) is 31.6. The van der Waals surface area contributed by atoms with Crippen molar-refractivity contribution in [3.8, 4) is 11.9 Å². The van der Waals surface area contributed by atoms with E-state index in [4.69, 9.17) is 24.5 Å². The van der Waals surface area contributed by atoms with E-state index in [0.717, 1.165) is 62.6 Å². The van der Waals surface area contributed by atoms with Crippen LogP contribution in [-0.2, 0) is 16.1 Å². The fourth-order valence-corrected chi connectivity index (χ4v) is 8.49. The van der Waals surface area contributed by atoms with Gasteiger partial charge in [-0.05, 0) is 75.6 Å². The Kier molecular flexibility index (Phi) is 9.31. The topological polar surface area (TPSA) is 87.9 Å². The smallest absolute Gasteiger partial charge is 0.338 e. The molecule has 6 rings (SSSR count). The summed E-state index contributed by atoms with van der Waals surface area (Å²) in [5.41, 5.74) is 3.83. The number of aromatic nitrogens is 1. The molecule has 45 heavy (non-hydrogen) atoms. The Morgan fingerprint density at radius 1 is 1.20 bits per heavy atom. The number of rotatable bonds is 9. The summed E-state index contributed by atoms with van der Waals surface area (Å²) >= 11 is -0.373. The molecule has 2 aromatic carbocycles. The van der Waals surface area contributed by atoms with Crippen molar-refractivity contribution < 1.29 is 23.4 Å². The lowest BCUT2D eigenvalue weighted by atomic mass is 10.0. The second-order valence-corrected chi connectivity index (χ2v) is 15.3. The van der Waals surface area contributed by atoms with Crippen LogP contribution in [0.4, 0.5) is 10.1 Å². The number of nitrogens with zero attached hydrogens (tertiary/aromatic N) is 4. The van der Waals surface area contributed by atoms with Crippen LogP contribution in [0.25, 0.3) is 5.57 Å². The fraction of sp³-hybridized carbons (Fsp3) is 0.371. The summed E-state index contributed by atoms with van der Waals surface area (Å²) in [5, 5.41) is 8.96. The number of nitriles is 1. The minimum absolute atomic E-state index is 0.0343. The molecule has 234 valence electrons. The second kappa shape index (κ2) is 13.4. The highest BCUT2D eigenvalue weighted by Gasteiger charge is 2.31. The normalized spacial score (nSPS) is 18.1. The molecule has 4 heterocycles. The SMILES string of the molecule is CC(C)(C)OC(=O)c1ccc2c(c1)N(C[C@@H]1CCO1)C(CN1CC=C(c3cccc(OCc4ccc(C#N)cc4F)n3)CC1)=I2. The molecular formula is C35H36FIN4O4. The van der Waals surface area contributed by atoms with E-state index in [-0.39, 0.29) is 45.0 Å². The van der Waals surface area contributed by atoms with Gasteiger partial charge in [0.2, 0.25) is 5.88 Å². The van der Waals surface area contributed by atoms with Gasteiger partial charge in [0.1, 0.15) is 18.0 Å². The number of halogens is 2. The third-order valence-corrected chi connectivity index (χ3v) is 10.9. The molecule has 0 unspecified atom stereocenters. The van der Waals surface area contributed by atoms with Gasteiger partial charge >= 0.3 is 5.97 Å². The number of fused-ring (bicyclic) bond motifs is 1. The van der Waals surface area contributed by atoms with Crippen molar-refractivity contribution in [2.75, 3.05) is 37.7 Å². The molecule has 1 fully saturated rings. The van der Waals surface area contributed by atoms with Gasteiger partial charge < -0.3 is 19.1 Å². The van der Waals surface area contributed by atoms with Gasteiger partial charge in [-0.2, -0.15) is 5.26 Å². The minimum atomic E-state index is -0.546. The van der Waals surface area contributed by atoms with Gasteiger partial charge in [-0.25, -0.2) is 14.2 Å². The first kappa shape index (κ1) is 31.3. The first-order valence-electron chi connectivity index (χ1n) is 15.1. The summed E-state index contributed by atoms with van der Waals surface area (Å²) in [6, 6.07) is 18.0. The predicted octanol–water partition coefficient (Wildman–Crippen LogP) is 6.30. The van der Waals surface area contributed by atoms with Gasteiger partial charge in [0.05, 0.1) is 38.3 Å². The predicted molar refractivity (Wildman–Crippen MR) is 180 cm³/mol. The number of hydrogen-bond donors (Lipinski definition) is 0. The minimum Gasteiger partial charge on any atom is -0.473 e. The van der Waals surface area contributed by atoms with E-state index in [9.17, 15) is 9.18 Å². The Hall–Kier alpha value is -3.66. The first-order chi connectivity index (χ1) is 21.6. The van der Waals surface area contributed by atoms with Crippen LogP contribution < -0.4 is 9.64 Å². The number of esters is 1. The Bertz CT molecular complexity index is 1710. The largest absolute Gasteiger partial charge is 0.473 e. The van der Waals surface area contributed by atoms with Crippen molar-refractivity contribution >= 4 is 41.6 Å². The van der Waals surface area contributed by atoms with Gasteiger partial charge in [-0.1, -0.05) is 38.9 Å². The monoisotopic (exact) mass is 722 g/mol. The average Bonchev–Trinajstić information content (AvgIpc) is 3.33. The molecule has 0 aliphatic carbocycles. The van der Waals surface area contributed by atoms with Crippen molar-refractivity contribution in [1.82, 2.24) is 9.88 Å². The number of carbonyl (C=O) groups is 1. The van der Waals surface area contributed by atoms with Crippen LogP contribution in [-0.4, -0.2) is 64.0 Å². The van der Waals surface area contributed by atoms with Gasteiger partial charge in [0.15, 0.2) is 0 Å². The van der Waals surface area contributed by atoms with Crippen LogP contribution in [0.15, 0.2) is 60.7 Å². The molecule has 1 saturated heterocycles. The summed E-state index contributed by atoms with van der Waals surface area (Å²) in [6.45, 7) is 9.87. The van der Waals surface area contributed by atoms with E-state index >= 15 is 0 Å². The number of hydrogen-bond acceptors (Lipinski definition) is 8. The third-order valence-electron chi connectivity index (χ3n) is 7.81. The molecule has 0 bridgehead atoms. The number of anilines is 1. The number of pyridine rings is 1. The molecule has 3 aliphatic heterocycles. The quantitative estimate of drug-likeness (QED) is 0.188. The number of ether oxygens (including phenoxy) is 3. The highest BCUT2D eigenvalue weighted by molar-refractivity contribution is 14.2. The lowest BCUT2D eigenvalue weighted by Gasteiger charge is -2.35. The zero-order valence-corrected chi connectivity index (χ0v) is 27.8. The number of carbonyl (C=O) groups excluding carboxylic acids is 1. The van der Waals surface area contributed by atoms with Crippen LogP contribution in [0.3, 0.4) is 0 Å². The van der Waals surface area contributed by atoms with Crippen LogP contribution in [0.2, 0.25) is 0 Å².